The van der Waals surface area contributed by atoms with Crippen molar-refractivity contribution in [3.05, 3.63) is 99.7 Å². The molecule has 0 spiro atoms. The number of carbonyl (C=O) groups is 2. The predicted molar refractivity (Wildman–Crippen MR) is 124 cm³/mol. The number of hydrogen-bond acceptors (Lipinski definition) is 6. The van der Waals surface area contributed by atoms with Gasteiger partial charge in [-0.15, -0.1) is 0 Å². The number of nitrogens with zero attached hydrogens (tertiary/aromatic N) is 1. The van der Waals surface area contributed by atoms with Crippen molar-refractivity contribution < 1.29 is 26.6 Å². The van der Waals surface area contributed by atoms with E-state index in [0.29, 0.717) is 11.1 Å². The first kappa shape index (κ1) is 23.0. The monoisotopic (exact) mass is 503 g/mol. The van der Waals surface area contributed by atoms with Gasteiger partial charge in [-0.2, -0.15) is 8.42 Å². The van der Waals surface area contributed by atoms with Gasteiger partial charge in [-0.25, -0.2) is 4.39 Å². The molecule has 33 heavy (non-hydrogen) atoms. The van der Waals surface area contributed by atoms with Crippen molar-refractivity contribution >= 4 is 50.7 Å². The van der Waals surface area contributed by atoms with Crippen LogP contribution in [0.4, 0.5) is 9.18 Å². The number of carbonyl (C=O) groups excluding carboxylic acids is 2. The van der Waals surface area contributed by atoms with Crippen molar-refractivity contribution in [2.45, 2.75) is 11.4 Å². The van der Waals surface area contributed by atoms with Gasteiger partial charge in [0, 0.05) is 5.02 Å². The molecule has 3 aromatic carbocycles. The van der Waals surface area contributed by atoms with Crippen LogP contribution in [-0.4, -0.2) is 24.5 Å². The zero-order chi connectivity index (χ0) is 23.6. The van der Waals surface area contributed by atoms with Crippen LogP contribution in [0.15, 0.2) is 82.6 Å². The summed E-state index contributed by atoms with van der Waals surface area (Å²) in [6, 6.07) is 17.5. The van der Waals surface area contributed by atoms with Crippen molar-refractivity contribution in [1.29, 1.82) is 0 Å². The fraction of sp³-hybridized carbons (Fsp3) is 0.0435. The second-order valence-corrected chi connectivity index (χ2v) is 9.87. The molecule has 1 saturated heterocycles. The first-order valence-electron chi connectivity index (χ1n) is 9.52. The van der Waals surface area contributed by atoms with Crippen LogP contribution in [-0.2, 0) is 21.5 Å². The Morgan fingerprint density at radius 1 is 1.00 bits per heavy atom. The van der Waals surface area contributed by atoms with E-state index < -0.39 is 27.1 Å². The molecule has 1 aliphatic heterocycles. The van der Waals surface area contributed by atoms with Crippen LogP contribution in [0, 0.1) is 5.82 Å². The minimum atomic E-state index is -3.97. The van der Waals surface area contributed by atoms with E-state index in [1.54, 1.807) is 30.3 Å². The number of halogens is 2. The van der Waals surface area contributed by atoms with E-state index >= 15 is 0 Å². The quantitative estimate of drug-likeness (QED) is 0.327. The molecule has 0 atom stereocenters. The molecule has 1 aliphatic rings. The fourth-order valence-corrected chi connectivity index (χ4v) is 5.01. The van der Waals surface area contributed by atoms with Gasteiger partial charge in [0.05, 0.1) is 11.4 Å². The predicted octanol–water partition coefficient (Wildman–Crippen LogP) is 5.48. The minimum absolute atomic E-state index is 0.0315. The standard InChI is InChI=1S/C23H15ClFNO5S2/c24-20-13-17(25)9-8-16(20)14-26-22(27)21(32-23(26)28)12-15-6-10-18(11-7-15)31-33(29,30)19-4-2-1-3-5-19/h1-13H,14H2/b21-12-. The first-order valence-corrected chi connectivity index (χ1v) is 12.1. The molecular formula is C23H15ClFNO5S2. The molecule has 0 unspecified atom stereocenters. The topological polar surface area (TPSA) is 80.8 Å². The molecule has 3 aromatic rings. The molecule has 4 rings (SSSR count). The van der Waals surface area contributed by atoms with Crippen molar-refractivity contribution in [3.63, 3.8) is 0 Å². The van der Waals surface area contributed by atoms with Gasteiger partial charge in [0.25, 0.3) is 11.1 Å². The molecule has 2 amide bonds. The van der Waals surface area contributed by atoms with Gasteiger partial charge >= 0.3 is 10.1 Å². The van der Waals surface area contributed by atoms with Crippen LogP contribution in [0.3, 0.4) is 0 Å². The lowest BCUT2D eigenvalue weighted by molar-refractivity contribution is -0.123. The third-order valence-electron chi connectivity index (χ3n) is 4.63. The summed E-state index contributed by atoms with van der Waals surface area (Å²) in [7, 11) is -3.97. The Hall–Kier alpha value is -3.14. The van der Waals surface area contributed by atoms with Crippen LogP contribution in [0.5, 0.6) is 5.75 Å². The summed E-state index contributed by atoms with van der Waals surface area (Å²) >= 11 is 6.77. The summed E-state index contributed by atoms with van der Waals surface area (Å²) in [6.45, 7) is -0.0781. The van der Waals surface area contributed by atoms with Gasteiger partial charge in [0.1, 0.15) is 16.5 Å². The molecular weight excluding hydrogens is 489 g/mol. The zero-order valence-electron chi connectivity index (χ0n) is 16.8. The van der Waals surface area contributed by atoms with Gasteiger partial charge in [0.15, 0.2) is 0 Å². The highest BCUT2D eigenvalue weighted by atomic mass is 35.5. The SMILES string of the molecule is O=C1S/C(=C\c2ccc(OS(=O)(=O)c3ccccc3)cc2)C(=O)N1Cc1ccc(F)cc1Cl. The highest BCUT2D eigenvalue weighted by Crippen LogP contribution is 2.34. The van der Waals surface area contributed by atoms with Crippen molar-refractivity contribution in [1.82, 2.24) is 4.90 Å². The van der Waals surface area contributed by atoms with Gasteiger partial charge in [-0.1, -0.05) is 48.0 Å². The molecule has 0 bridgehead atoms. The average Bonchev–Trinajstić information content (AvgIpc) is 3.04. The Kier molecular flexibility index (Phi) is 6.55. The lowest BCUT2D eigenvalue weighted by atomic mass is 10.2. The normalized spacial score (nSPS) is 15.3. The largest absolute Gasteiger partial charge is 0.379 e. The van der Waals surface area contributed by atoms with Gasteiger partial charge in [-0.05, 0) is 65.4 Å². The molecule has 0 aromatic heterocycles. The molecule has 0 aliphatic carbocycles. The Labute approximate surface area is 198 Å². The van der Waals surface area contributed by atoms with E-state index in [0.717, 1.165) is 22.7 Å². The third-order valence-corrected chi connectivity index (χ3v) is 7.15. The summed E-state index contributed by atoms with van der Waals surface area (Å²) in [5, 5.41) is -0.348. The number of thioether (sulfide) groups is 1. The molecule has 6 nitrogen and oxygen atoms in total. The van der Waals surface area contributed by atoms with Gasteiger partial charge in [-0.3, -0.25) is 14.5 Å². The van der Waals surface area contributed by atoms with E-state index in [4.69, 9.17) is 15.8 Å². The highest BCUT2D eigenvalue weighted by Gasteiger charge is 2.35. The van der Waals surface area contributed by atoms with Gasteiger partial charge < -0.3 is 4.18 Å². The lowest BCUT2D eigenvalue weighted by Gasteiger charge is -2.13. The Morgan fingerprint density at radius 3 is 2.36 bits per heavy atom. The van der Waals surface area contributed by atoms with E-state index in [1.807, 2.05) is 0 Å². The smallest absolute Gasteiger partial charge is 0.339 e. The number of amides is 2. The second-order valence-electron chi connectivity index (χ2n) is 6.92. The zero-order valence-corrected chi connectivity index (χ0v) is 19.2. The van der Waals surface area contributed by atoms with Crippen LogP contribution in [0.25, 0.3) is 6.08 Å². The van der Waals surface area contributed by atoms with E-state index in [-0.39, 0.29) is 27.1 Å². The summed E-state index contributed by atoms with van der Waals surface area (Å²) in [4.78, 5) is 26.3. The van der Waals surface area contributed by atoms with Crippen molar-refractivity contribution in [3.8, 4) is 5.75 Å². The average molecular weight is 504 g/mol. The van der Waals surface area contributed by atoms with Gasteiger partial charge in [0.2, 0.25) is 0 Å². The first-order chi connectivity index (χ1) is 15.7. The molecule has 168 valence electrons. The van der Waals surface area contributed by atoms with E-state index in [1.165, 1.54) is 42.5 Å². The maximum atomic E-state index is 13.2. The summed E-state index contributed by atoms with van der Waals surface area (Å²) in [6.07, 6.45) is 1.52. The van der Waals surface area contributed by atoms with Crippen molar-refractivity contribution in [2.24, 2.45) is 0 Å². The van der Waals surface area contributed by atoms with Crippen LogP contribution in [0.2, 0.25) is 5.02 Å². The molecule has 0 saturated carbocycles. The Bertz CT molecular complexity index is 1360. The van der Waals surface area contributed by atoms with E-state index in [2.05, 4.69) is 0 Å². The maximum Gasteiger partial charge on any atom is 0.339 e. The summed E-state index contributed by atoms with van der Waals surface area (Å²) < 4.78 is 43.0. The lowest BCUT2D eigenvalue weighted by Crippen LogP contribution is -2.27. The minimum Gasteiger partial charge on any atom is -0.379 e. The Morgan fingerprint density at radius 2 is 1.70 bits per heavy atom. The second kappa shape index (κ2) is 9.38. The molecule has 10 heteroatoms. The Balaban J connectivity index is 1.48. The molecule has 0 radical (unpaired) electrons. The van der Waals surface area contributed by atoms with Crippen LogP contribution in [0.1, 0.15) is 11.1 Å². The number of benzene rings is 3. The number of hydrogen-bond donors (Lipinski definition) is 0. The number of imide groups is 1. The third kappa shape index (κ3) is 5.27. The van der Waals surface area contributed by atoms with Crippen LogP contribution >= 0.6 is 23.4 Å². The molecule has 0 N–H and O–H groups in total. The molecule has 1 fully saturated rings. The summed E-state index contributed by atoms with van der Waals surface area (Å²) in [5.74, 6) is -0.908. The summed E-state index contributed by atoms with van der Waals surface area (Å²) in [5.41, 5.74) is 1.02. The molecule has 1 heterocycles. The fourth-order valence-electron chi connectivity index (χ4n) is 2.99. The van der Waals surface area contributed by atoms with Crippen LogP contribution < -0.4 is 4.18 Å². The van der Waals surface area contributed by atoms with E-state index in [9.17, 15) is 22.4 Å². The number of rotatable bonds is 6. The maximum absolute atomic E-state index is 13.2. The van der Waals surface area contributed by atoms with Crippen molar-refractivity contribution in [2.75, 3.05) is 0 Å². The highest BCUT2D eigenvalue weighted by molar-refractivity contribution is 8.18.